The molecule has 0 atom stereocenters. The van der Waals surface area contributed by atoms with Crippen molar-refractivity contribution in [3.63, 3.8) is 0 Å². The van der Waals surface area contributed by atoms with Crippen LogP contribution in [0, 0.1) is 5.21 Å². The van der Waals surface area contributed by atoms with Crippen molar-refractivity contribution in [2.24, 2.45) is 4.99 Å². The predicted octanol–water partition coefficient (Wildman–Crippen LogP) is 3.23. The number of para-hydroxylation sites is 1. The number of methoxy groups -OCH3 is 1. The third kappa shape index (κ3) is 2.17. The lowest BCUT2D eigenvalue weighted by atomic mass is 9.93. The van der Waals surface area contributed by atoms with Crippen molar-refractivity contribution in [1.82, 2.24) is 0 Å². The Hall–Kier alpha value is -2.62. The molecule has 0 spiro atoms. The fourth-order valence-electron chi connectivity index (χ4n) is 2.66. The minimum absolute atomic E-state index is 0.390. The Morgan fingerprint density at radius 2 is 1.64 bits per heavy atom. The van der Waals surface area contributed by atoms with Gasteiger partial charge >= 0.3 is 5.84 Å². The first-order chi connectivity index (χ1) is 10.6. The first-order valence-electron chi connectivity index (χ1n) is 7.18. The second-order valence-corrected chi connectivity index (χ2v) is 5.70. The van der Waals surface area contributed by atoms with Crippen LogP contribution in [0.15, 0.2) is 59.6 Å². The molecule has 0 saturated carbocycles. The lowest BCUT2D eigenvalue weighted by molar-refractivity contribution is -0.513. The summed E-state index contributed by atoms with van der Waals surface area (Å²) >= 11 is 0. The molecular formula is C18H18N2O2. The molecule has 1 heterocycles. The Morgan fingerprint density at radius 1 is 1.00 bits per heavy atom. The molecule has 0 aliphatic carbocycles. The Labute approximate surface area is 130 Å². The first kappa shape index (κ1) is 14.3. The van der Waals surface area contributed by atoms with Gasteiger partial charge < -0.3 is 9.94 Å². The molecule has 4 nitrogen and oxygen atoms in total. The van der Waals surface area contributed by atoms with Gasteiger partial charge in [-0.2, -0.15) is 0 Å². The highest BCUT2D eigenvalue weighted by Crippen LogP contribution is 2.28. The van der Waals surface area contributed by atoms with Crippen molar-refractivity contribution in [2.45, 2.75) is 19.4 Å². The second-order valence-electron chi connectivity index (χ2n) is 5.70. The van der Waals surface area contributed by atoms with Crippen LogP contribution in [0.25, 0.3) is 0 Å². The minimum Gasteiger partial charge on any atom is -0.714 e. The Kier molecular flexibility index (Phi) is 3.45. The quantitative estimate of drug-likeness (QED) is 0.644. The smallest absolute Gasteiger partial charge is 0.333 e. The highest BCUT2D eigenvalue weighted by Gasteiger charge is 2.43. The lowest BCUT2D eigenvalue weighted by Gasteiger charge is -2.24. The van der Waals surface area contributed by atoms with Crippen LogP contribution < -0.4 is 4.74 Å². The summed E-state index contributed by atoms with van der Waals surface area (Å²) in [7, 11) is 1.59. The molecule has 2 aromatic rings. The van der Waals surface area contributed by atoms with E-state index in [1.54, 1.807) is 7.11 Å². The summed E-state index contributed by atoms with van der Waals surface area (Å²) in [6, 6.07) is 17.2. The van der Waals surface area contributed by atoms with E-state index >= 15 is 0 Å². The zero-order valence-electron chi connectivity index (χ0n) is 12.9. The molecule has 0 bridgehead atoms. The van der Waals surface area contributed by atoms with Crippen LogP contribution >= 0.6 is 0 Å². The standard InChI is InChI=1S/C18H18N2O2/c1-18(2)16(13-9-5-4-6-10-13)19-17(20(18)21)14-11-7-8-12-15(14)22-3/h4-12H,1-3H3. The van der Waals surface area contributed by atoms with Crippen LogP contribution in [0.5, 0.6) is 5.75 Å². The maximum Gasteiger partial charge on any atom is 0.333 e. The predicted molar refractivity (Wildman–Crippen MR) is 87.8 cm³/mol. The van der Waals surface area contributed by atoms with Crippen LogP contribution in [-0.2, 0) is 0 Å². The van der Waals surface area contributed by atoms with E-state index in [0.717, 1.165) is 16.0 Å². The Balaban J connectivity index is 2.16. The van der Waals surface area contributed by atoms with Gasteiger partial charge in [0.05, 0.1) is 7.11 Å². The number of ether oxygens (including phenoxy) is 1. The molecule has 0 saturated heterocycles. The number of nitrogens with zero attached hydrogens (tertiary/aromatic N) is 2. The van der Waals surface area contributed by atoms with Crippen molar-refractivity contribution >= 4 is 11.5 Å². The van der Waals surface area contributed by atoms with E-state index in [0.29, 0.717) is 17.1 Å². The normalized spacial score (nSPS) is 16.6. The van der Waals surface area contributed by atoms with Gasteiger partial charge in [-0.05, 0) is 31.0 Å². The average molecular weight is 294 g/mol. The first-order valence-corrected chi connectivity index (χ1v) is 7.18. The summed E-state index contributed by atoms with van der Waals surface area (Å²) in [5, 5.41) is 12.8. The molecule has 3 rings (SSSR count). The molecule has 0 N–H and O–H groups in total. The Bertz CT molecular complexity index is 762. The molecule has 0 fully saturated rings. The molecule has 0 radical (unpaired) electrons. The molecule has 0 unspecified atom stereocenters. The number of hydrogen-bond acceptors (Lipinski definition) is 3. The van der Waals surface area contributed by atoms with Crippen LogP contribution in [0.2, 0.25) is 0 Å². The average Bonchev–Trinajstić information content (AvgIpc) is 2.79. The van der Waals surface area contributed by atoms with Crippen molar-refractivity contribution in [2.75, 3.05) is 7.11 Å². The molecule has 4 heteroatoms. The third-order valence-corrected chi connectivity index (χ3v) is 3.89. The molecule has 112 valence electrons. The van der Waals surface area contributed by atoms with Gasteiger partial charge in [-0.1, -0.05) is 42.5 Å². The summed E-state index contributed by atoms with van der Waals surface area (Å²) in [6.07, 6.45) is 0. The number of aliphatic imine (C=N–C) groups is 1. The minimum atomic E-state index is -0.725. The summed E-state index contributed by atoms with van der Waals surface area (Å²) in [5.41, 5.74) is 1.71. The van der Waals surface area contributed by atoms with E-state index in [4.69, 9.17) is 4.74 Å². The summed E-state index contributed by atoms with van der Waals surface area (Å²) in [5.74, 6) is 1.04. The highest BCUT2D eigenvalue weighted by atomic mass is 16.5. The van der Waals surface area contributed by atoms with Gasteiger partial charge in [0.15, 0.2) is 5.54 Å². The van der Waals surface area contributed by atoms with Gasteiger partial charge in [0.1, 0.15) is 11.3 Å². The molecule has 1 aliphatic rings. The van der Waals surface area contributed by atoms with E-state index in [-0.39, 0.29) is 0 Å². The number of benzene rings is 2. The number of hydroxylamine groups is 1. The number of rotatable bonds is 3. The van der Waals surface area contributed by atoms with Gasteiger partial charge in [0, 0.05) is 5.56 Å². The van der Waals surface area contributed by atoms with E-state index in [1.807, 2.05) is 68.4 Å². The van der Waals surface area contributed by atoms with E-state index in [2.05, 4.69) is 4.99 Å². The van der Waals surface area contributed by atoms with Gasteiger partial charge in [-0.25, -0.2) is 0 Å². The molecule has 0 amide bonds. The van der Waals surface area contributed by atoms with E-state index in [9.17, 15) is 5.21 Å². The van der Waals surface area contributed by atoms with Crippen molar-refractivity contribution in [3.8, 4) is 5.75 Å². The number of amidine groups is 1. The monoisotopic (exact) mass is 294 g/mol. The van der Waals surface area contributed by atoms with E-state index in [1.165, 1.54) is 0 Å². The topological polar surface area (TPSA) is 47.7 Å². The SMILES string of the molecule is COc1ccccc1C1=[N+]([O-])C(C)(C)C(c2ccccc2)=N1. The van der Waals surface area contributed by atoms with Gasteiger partial charge in [0.2, 0.25) is 5.71 Å². The lowest BCUT2D eigenvalue weighted by Crippen LogP contribution is -2.39. The highest BCUT2D eigenvalue weighted by molar-refractivity contribution is 6.17. The largest absolute Gasteiger partial charge is 0.714 e. The summed E-state index contributed by atoms with van der Waals surface area (Å²) in [6.45, 7) is 3.77. The molecule has 1 aliphatic heterocycles. The molecule has 2 aromatic carbocycles. The molecule has 22 heavy (non-hydrogen) atoms. The zero-order chi connectivity index (χ0) is 15.7. The fraction of sp³-hybridized carbons (Fsp3) is 0.222. The number of hydrogen-bond donors (Lipinski definition) is 0. The van der Waals surface area contributed by atoms with Gasteiger partial charge in [-0.3, -0.25) is 4.74 Å². The van der Waals surface area contributed by atoms with Crippen molar-refractivity contribution in [3.05, 3.63) is 70.9 Å². The molecule has 0 aromatic heterocycles. The fourth-order valence-corrected chi connectivity index (χ4v) is 2.66. The summed E-state index contributed by atoms with van der Waals surface area (Å²) in [4.78, 5) is 4.64. The van der Waals surface area contributed by atoms with Gasteiger partial charge in [0.25, 0.3) is 0 Å². The third-order valence-electron chi connectivity index (χ3n) is 3.89. The zero-order valence-corrected chi connectivity index (χ0v) is 12.9. The van der Waals surface area contributed by atoms with Crippen LogP contribution in [0.4, 0.5) is 0 Å². The van der Waals surface area contributed by atoms with E-state index < -0.39 is 5.54 Å². The maximum absolute atomic E-state index is 12.8. The second kappa shape index (κ2) is 5.30. The van der Waals surface area contributed by atoms with Crippen LogP contribution in [0.1, 0.15) is 25.0 Å². The maximum atomic E-state index is 12.8. The Morgan fingerprint density at radius 3 is 2.32 bits per heavy atom. The van der Waals surface area contributed by atoms with Crippen LogP contribution in [0.3, 0.4) is 0 Å². The molecular weight excluding hydrogens is 276 g/mol. The van der Waals surface area contributed by atoms with Gasteiger partial charge in [-0.15, -0.1) is 0 Å². The van der Waals surface area contributed by atoms with Crippen molar-refractivity contribution in [1.29, 1.82) is 0 Å². The summed E-state index contributed by atoms with van der Waals surface area (Å²) < 4.78 is 6.33. The van der Waals surface area contributed by atoms with Crippen molar-refractivity contribution < 1.29 is 9.48 Å². The van der Waals surface area contributed by atoms with Crippen LogP contribution in [-0.4, -0.2) is 28.9 Å².